The molecule has 4 heteroatoms. The summed E-state index contributed by atoms with van der Waals surface area (Å²) in [6.07, 6.45) is 3.76. The zero-order valence-corrected chi connectivity index (χ0v) is 14.2. The van der Waals surface area contributed by atoms with E-state index < -0.39 is 5.91 Å². The summed E-state index contributed by atoms with van der Waals surface area (Å²) in [5.74, 6) is -0.706. The maximum absolute atomic E-state index is 11.2. The molecule has 0 bridgehead atoms. The third-order valence-electron chi connectivity index (χ3n) is 3.90. The molecule has 0 aliphatic rings. The number of hydrogen-bond donors (Lipinski definition) is 1. The third-order valence-corrected chi connectivity index (χ3v) is 3.90. The number of rotatable bonds is 7. The van der Waals surface area contributed by atoms with Gasteiger partial charge in [0.1, 0.15) is 11.6 Å². The van der Waals surface area contributed by atoms with Crippen molar-refractivity contribution >= 4 is 28.4 Å². The lowest BCUT2D eigenvalue weighted by Crippen LogP contribution is -2.24. The Bertz CT molecular complexity index is 796. The Kier molecular flexibility index (Phi) is 5.97. The van der Waals surface area contributed by atoms with E-state index in [0.29, 0.717) is 0 Å². The van der Waals surface area contributed by atoms with Crippen LogP contribution in [0.5, 0.6) is 0 Å². The molecule has 0 radical (unpaired) electrons. The number of nitrogens with two attached hydrogens (primary N) is 1. The minimum absolute atomic E-state index is 0.0389. The number of hydrogen-bond acceptors (Lipinski definition) is 3. The van der Waals surface area contributed by atoms with Crippen LogP contribution in [0.4, 0.5) is 5.69 Å². The lowest BCUT2D eigenvalue weighted by Gasteiger charge is -2.24. The fourth-order valence-electron chi connectivity index (χ4n) is 2.77. The summed E-state index contributed by atoms with van der Waals surface area (Å²) >= 11 is 0. The second-order valence-electron chi connectivity index (χ2n) is 5.81. The Morgan fingerprint density at radius 1 is 1.12 bits per heavy atom. The van der Waals surface area contributed by atoms with Crippen molar-refractivity contribution in [3.05, 3.63) is 47.5 Å². The topological polar surface area (TPSA) is 70.1 Å². The number of amides is 1. The van der Waals surface area contributed by atoms with Crippen LogP contribution < -0.4 is 10.6 Å². The molecule has 2 rings (SSSR count). The van der Waals surface area contributed by atoms with E-state index in [4.69, 9.17) is 11.0 Å². The first-order chi connectivity index (χ1) is 11.6. The number of carbonyl (C=O) groups is 1. The number of carbonyl (C=O) groups excluding carboxylic acids is 1. The van der Waals surface area contributed by atoms with E-state index in [1.54, 1.807) is 0 Å². The third kappa shape index (κ3) is 4.14. The van der Waals surface area contributed by atoms with E-state index in [1.807, 2.05) is 24.3 Å². The second-order valence-corrected chi connectivity index (χ2v) is 5.81. The molecule has 0 aromatic heterocycles. The largest absolute Gasteiger partial charge is 0.372 e. The minimum Gasteiger partial charge on any atom is -0.372 e. The van der Waals surface area contributed by atoms with Crippen molar-refractivity contribution in [1.82, 2.24) is 0 Å². The van der Waals surface area contributed by atoms with Crippen LogP contribution in [0.15, 0.2) is 42.0 Å². The zero-order valence-electron chi connectivity index (χ0n) is 14.2. The van der Waals surface area contributed by atoms with Gasteiger partial charge in [0.15, 0.2) is 0 Å². The molecule has 1 amide bonds. The molecule has 0 atom stereocenters. The first kappa shape index (κ1) is 17.6. The number of nitriles is 1. The van der Waals surface area contributed by atoms with Crippen LogP contribution in [0.25, 0.3) is 16.8 Å². The van der Waals surface area contributed by atoms with Crippen molar-refractivity contribution in [2.24, 2.45) is 5.73 Å². The number of fused-ring (bicyclic) bond motifs is 1. The summed E-state index contributed by atoms with van der Waals surface area (Å²) in [5.41, 5.74) is 7.17. The molecule has 4 nitrogen and oxygen atoms in total. The fourth-order valence-corrected chi connectivity index (χ4v) is 2.77. The van der Waals surface area contributed by atoms with Crippen LogP contribution in [0, 0.1) is 11.3 Å². The molecular formula is C20H23N3O. The SMILES string of the molecule is CCCN(CCC)c1ccc2cc(/C=C(\C#N)C(N)=O)ccc2c1. The van der Waals surface area contributed by atoms with E-state index in [1.165, 1.54) is 11.8 Å². The Labute approximate surface area is 143 Å². The van der Waals surface area contributed by atoms with E-state index in [-0.39, 0.29) is 5.57 Å². The van der Waals surface area contributed by atoms with E-state index in [0.717, 1.165) is 42.3 Å². The van der Waals surface area contributed by atoms with Crippen molar-refractivity contribution < 1.29 is 4.79 Å². The van der Waals surface area contributed by atoms with Gasteiger partial charge in [0.05, 0.1) is 0 Å². The molecule has 0 aliphatic heterocycles. The normalized spacial score (nSPS) is 11.3. The van der Waals surface area contributed by atoms with Gasteiger partial charge in [0.2, 0.25) is 0 Å². The monoisotopic (exact) mass is 321 g/mol. The number of anilines is 1. The predicted molar refractivity (Wildman–Crippen MR) is 99.5 cm³/mol. The highest BCUT2D eigenvalue weighted by Gasteiger charge is 2.07. The first-order valence-corrected chi connectivity index (χ1v) is 8.29. The number of primary amides is 1. The van der Waals surface area contributed by atoms with Gasteiger partial charge < -0.3 is 10.6 Å². The molecule has 2 aromatic carbocycles. The van der Waals surface area contributed by atoms with Crippen LogP contribution >= 0.6 is 0 Å². The van der Waals surface area contributed by atoms with Crippen molar-refractivity contribution in [3.8, 4) is 6.07 Å². The van der Waals surface area contributed by atoms with Crippen LogP contribution in [0.2, 0.25) is 0 Å². The van der Waals surface area contributed by atoms with Crippen molar-refractivity contribution in [2.75, 3.05) is 18.0 Å². The average Bonchev–Trinajstić information content (AvgIpc) is 2.58. The number of nitrogens with zero attached hydrogens (tertiary/aromatic N) is 2. The van der Waals surface area contributed by atoms with E-state index >= 15 is 0 Å². The Morgan fingerprint density at radius 2 is 1.75 bits per heavy atom. The van der Waals surface area contributed by atoms with Crippen LogP contribution in [0.3, 0.4) is 0 Å². The van der Waals surface area contributed by atoms with Gasteiger partial charge in [-0.05, 0) is 53.5 Å². The highest BCUT2D eigenvalue weighted by atomic mass is 16.1. The van der Waals surface area contributed by atoms with Crippen molar-refractivity contribution in [3.63, 3.8) is 0 Å². The van der Waals surface area contributed by atoms with Gasteiger partial charge >= 0.3 is 0 Å². The van der Waals surface area contributed by atoms with Crippen LogP contribution in [-0.2, 0) is 4.79 Å². The Morgan fingerprint density at radius 3 is 2.33 bits per heavy atom. The van der Waals surface area contributed by atoms with Gasteiger partial charge in [0.25, 0.3) is 5.91 Å². The smallest absolute Gasteiger partial charge is 0.259 e. The number of benzene rings is 2. The van der Waals surface area contributed by atoms with Crippen LogP contribution in [0.1, 0.15) is 32.3 Å². The summed E-state index contributed by atoms with van der Waals surface area (Å²) in [5, 5.41) is 11.2. The lowest BCUT2D eigenvalue weighted by molar-refractivity contribution is -0.114. The molecule has 124 valence electrons. The van der Waals surface area contributed by atoms with Gasteiger partial charge in [-0.2, -0.15) is 5.26 Å². The lowest BCUT2D eigenvalue weighted by atomic mass is 10.0. The van der Waals surface area contributed by atoms with Gasteiger partial charge in [-0.3, -0.25) is 4.79 Å². The standard InChI is InChI=1S/C20H23N3O/c1-3-9-23(10-4-2)19-8-7-16-11-15(5-6-17(16)13-19)12-18(14-21)20(22)24/h5-8,11-13H,3-4,9-10H2,1-2H3,(H2,22,24)/b18-12+. The first-order valence-electron chi connectivity index (χ1n) is 8.29. The molecule has 0 spiro atoms. The van der Waals surface area contributed by atoms with Gasteiger partial charge in [0, 0.05) is 18.8 Å². The molecule has 0 fully saturated rings. The van der Waals surface area contributed by atoms with Crippen molar-refractivity contribution in [1.29, 1.82) is 5.26 Å². The average molecular weight is 321 g/mol. The molecule has 0 saturated carbocycles. The molecule has 0 saturated heterocycles. The Balaban J connectivity index is 2.38. The maximum Gasteiger partial charge on any atom is 0.259 e. The minimum atomic E-state index is -0.706. The molecule has 0 unspecified atom stereocenters. The summed E-state index contributed by atoms with van der Waals surface area (Å²) in [4.78, 5) is 13.6. The highest BCUT2D eigenvalue weighted by molar-refractivity contribution is 6.01. The molecule has 0 aliphatic carbocycles. The molecule has 24 heavy (non-hydrogen) atoms. The highest BCUT2D eigenvalue weighted by Crippen LogP contribution is 2.24. The van der Waals surface area contributed by atoms with Gasteiger partial charge in [-0.25, -0.2) is 0 Å². The molecule has 0 heterocycles. The molecular weight excluding hydrogens is 298 g/mol. The molecule has 2 aromatic rings. The van der Waals surface area contributed by atoms with Gasteiger partial charge in [-0.1, -0.05) is 32.0 Å². The maximum atomic E-state index is 11.2. The summed E-state index contributed by atoms with van der Waals surface area (Å²) < 4.78 is 0. The predicted octanol–water partition coefficient (Wildman–Crippen LogP) is 3.86. The fraction of sp³-hybridized carbons (Fsp3) is 0.300. The van der Waals surface area contributed by atoms with Crippen molar-refractivity contribution in [2.45, 2.75) is 26.7 Å². The molecule has 2 N–H and O–H groups in total. The summed E-state index contributed by atoms with van der Waals surface area (Å²) in [6, 6.07) is 14.1. The van der Waals surface area contributed by atoms with E-state index in [9.17, 15) is 4.79 Å². The zero-order chi connectivity index (χ0) is 17.5. The quantitative estimate of drug-likeness (QED) is 0.622. The Hall–Kier alpha value is -2.80. The second kappa shape index (κ2) is 8.16. The van der Waals surface area contributed by atoms with Crippen LogP contribution in [-0.4, -0.2) is 19.0 Å². The van der Waals surface area contributed by atoms with Gasteiger partial charge in [-0.15, -0.1) is 0 Å². The summed E-state index contributed by atoms with van der Waals surface area (Å²) in [6.45, 7) is 6.47. The van der Waals surface area contributed by atoms with E-state index in [2.05, 4.69) is 36.9 Å². The summed E-state index contributed by atoms with van der Waals surface area (Å²) in [7, 11) is 0.